The first-order valence-corrected chi connectivity index (χ1v) is 7.72. The van der Waals surface area contributed by atoms with E-state index >= 15 is 0 Å². The predicted molar refractivity (Wildman–Crippen MR) is 75.4 cm³/mol. The third-order valence-corrected chi connectivity index (χ3v) is 4.71. The van der Waals surface area contributed by atoms with Gasteiger partial charge in [0.1, 0.15) is 12.1 Å². The first kappa shape index (κ1) is 14.3. The van der Waals surface area contributed by atoms with E-state index in [9.17, 15) is 14.4 Å². The molecule has 3 rings (SSSR count). The Kier molecular flexibility index (Phi) is 3.84. The summed E-state index contributed by atoms with van der Waals surface area (Å²) in [7, 11) is 0. The van der Waals surface area contributed by atoms with E-state index in [-0.39, 0.29) is 18.4 Å². The number of imide groups is 1. The average molecular weight is 294 g/mol. The molecule has 1 aliphatic carbocycles. The number of carbonyl (C=O) groups excluding carboxylic acids is 3. The van der Waals surface area contributed by atoms with E-state index in [4.69, 9.17) is 0 Å². The van der Waals surface area contributed by atoms with Crippen molar-refractivity contribution in [2.75, 3.05) is 26.2 Å². The summed E-state index contributed by atoms with van der Waals surface area (Å²) in [6, 6.07) is -0.428. The number of carbonyl (C=O) groups is 3. The molecule has 2 saturated heterocycles. The van der Waals surface area contributed by atoms with Gasteiger partial charge in [-0.25, -0.2) is 4.79 Å². The Hall–Kier alpha value is -1.63. The predicted octanol–water partition coefficient (Wildman–Crippen LogP) is -0.423. The molecule has 2 heterocycles. The minimum atomic E-state index is -0.743. The van der Waals surface area contributed by atoms with Crippen molar-refractivity contribution in [3.05, 3.63) is 0 Å². The van der Waals surface area contributed by atoms with Crippen LogP contribution in [0.15, 0.2) is 0 Å². The van der Waals surface area contributed by atoms with Crippen LogP contribution in [0.1, 0.15) is 32.1 Å². The average Bonchev–Trinajstić information content (AvgIpc) is 2.63. The van der Waals surface area contributed by atoms with Gasteiger partial charge in [-0.3, -0.25) is 14.5 Å². The minimum Gasteiger partial charge on any atom is -0.354 e. The van der Waals surface area contributed by atoms with Crippen LogP contribution in [0.4, 0.5) is 4.79 Å². The van der Waals surface area contributed by atoms with E-state index in [2.05, 4.69) is 16.0 Å². The second-order valence-electron chi connectivity index (χ2n) is 6.29. The van der Waals surface area contributed by atoms with Crippen LogP contribution in [-0.2, 0) is 9.59 Å². The van der Waals surface area contributed by atoms with Crippen molar-refractivity contribution < 1.29 is 14.4 Å². The molecule has 7 nitrogen and oxygen atoms in total. The van der Waals surface area contributed by atoms with Crippen LogP contribution in [-0.4, -0.2) is 54.5 Å². The second-order valence-corrected chi connectivity index (χ2v) is 6.29. The molecule has 4 amide bonds. The maximum atomic E-state index is 12.5. The maximum absolute atomic E-state index is 12.5. The van der Waals surface area contributed by atoms with Crippen LogP contribution in [0.5, 0.6) is 0 Å². The smallest absolute Gasteiger partial charge is 0.325 e. The molecule has 1 saturated carbocycles. The lowest BCUT2D eigenvalue weighted by atomic mass is 9.82. The Bertz CT molecular complexity index is 455. The van der Waals surface area contributed by atoms with E-state index in [0.29, 0.717) is 25.3 Å². The molecular formula is C14H22N4O3. The van der Waals surface area contributed by atoms with Crippen molar-refractivity contribution in [3.8, 4) is 0 Å². The monoisotopic (exact) mass is 294 g/mol. The van der Waals surface area contributed by atoms with Gasteiger partial charge >= 0.3 is 6.03 Å². The zero-order valence-corrected chi connectivity index (χ0v) is 12.1. The summed E-state index contributed by atoms with van der Waals surface area (Å²) in [5.41, 5.74) is -0.743. The van der Waals surface area contributed by atoms with Crippen molar-refractivity contribution in [1.29, 1.82) is 0 Å². The van der Waals surface area contributed by atoms with E-state index < -0.39 is 11.6 Å². The highest BCUT2D eigenvalue weighted by Crippen LogP contribution is 2.33. The zero-order valence-electron chi connectivity index (χ0n) is 12.1. The van der Waals surface area contributed by atoms with Gasteiger partial charge in [0.05, 0.1) is 0 Å². The molecule has 0 aromatic heterocycles. The Labute approximate surface area is 123 Å². The Morgan fingerprint density at radius 1 is 1.24 bits per heavy atom. The molecule has 0 atom stereocenters. The number of hydrogen-bond acceptors (Lipinski definition) is 4. The molecule has 0 unspecified atom stereocenters. The molecule has 0 aromatic rings. The van der Waals surface area contributed by atoms with E-state index in [1.165, 1.54) is 0 Å². The third kappa shape index (κ3) is 2.74. The zero-order chi connectivity index (χ0) is 14.9. The molecule has 3 N–H and O–H groups in total. The minimum absolute atomic E-state index is 0.174. The summed E-state index contributed by atoms with van der Waals surface area (Å²) in [4.78, 5) is 37.5. The van der Waals surface area contributed by atoms with Crippen LogP contribution in [0.25, 0.3) is 0 Å². The molecule has 7 heteroatoms. The van der Waals surface area contributed by atoms with E-state index in [1.54, 1.807) is 0 Å². The fourth-order valence-corrected chi connectivity index (χ4v) is 3.26. The van der Waals surface area contributed by atoms with Crippen molar-refractivity contribution in [3.63, 3.8) is 0 Å². The largest absolute Gasteiger partial charge is 0.354 e. The van der Waals surface area contributed by atoms with Gasteiger partial charge < -0.3 is 16.0 Å². The molecule has 3 aliphatic rings. The van der Waals surface area contributed by atoms with Gasteiger partial charge in [-0.15, -0.1) is 0 Å². The topological polar surface area (TPSA) is 90.5 Å². The highest BCUT2D eigenvalue weighted by atomic mass is 16.2. The van der Waals surface area contributed by atoms with Gasteiger partial charge in [0, 0.05) is 25.6 Å². The highest BCUT2D eigenvalue weighted by Gasteiger charge is 2.51. The number of nitrogens with zero attached hydrogens (tertiary/aromatic N) is 1. The van der Waals surface area contributed by atoms with Crippen molar-refractivity contribution in [2.45, 2.75) is 37.6 Å². The molecule has 0 aromatic carbocycles. The number of nitrogens with one attached hydrogen (secondary N) is 3. The fourth-order valence-electron chi connectivity index (χ4n) is 3.26. The van der Waals surface area contributed by atoms with Crippen LogP contribution >= 0.6 is 0 Å². The summed E-state index contributed by atoms with van der Waals surface area (Å²) in [6.45, 7) is 2.24. The SMILES string of the molecule is O=C(CN1C(=O)NC2(CCCCC2)C1=O)NCC1CNC1. The molecular weight excluding hydrogens is 272 g/mol. The van der Waals surface area contributed by atoms with Crippen molar-refractivity contribution >= 4 is 17.8 Å². The maximum Gasteiger partial charge on any atom is 0.325 e. The Morgan fingerprint density at radius 3 is 2.57 bits per heavy atom. The van der Waals surface area contributed by atoms with Gasteiger partial charge in [-0.2, -0.15) is 0 Å². The molecule has 0 radical (unpaired) electrons. The highest BCUT2D eigenvalue weighted by molar-refractivity contribution is 6.09. The van der Waals surface area contributed by atoms with Gasteiger partial charge in [0.25, 0.3) is 5.91 Å². The molecule has 3 fully saturated rings. The number of rotatable bonds is 4. The van der Waals surface area contributed by atoms with Crippen LogP contribution in [0.2, 0.25) is 0 Å². The summed E-state index contributed by atoms with van der Waals surface area (Å²) >= 11 is 0. The van der Waals surface area contributed by atoms with Crippen LogP contribution < -0.4 is 16.0 Å². The summed E-state index contributed by atoms with van der Waals surface area (Å²) in [6.07, 6.45) is 4.36. The summed E-state index contributed by atoms with van der Waals surface area (Å²) in [5, 5.41) is 8.73. The molecule has 0 bridgehead atoms. The standard InChI is InChI=1S/C14H22N4O3/c19-11(16-8-10-6-15-7-10)9-18-12(20)14(17-13(18)21)4-2-1-3-5-14/h10,15H,1-9H2,(H,16,19)(H,17,21). The molecule has 116 valence electrons. The summed E-state index contributed by atoms with van der Waals surface area (Å²) < 4.78 is 0. The van der Waals surface area contributed by atoms with Gasteiger partial charge in [-0.1, -0.05) is 19.3 Å². The lowest BCUT2D eigenvalue weighted by molar-refractivity contribution is -0.135. The lowest BCUT2D eigenvalue weighted by Crippen LogP contribution is -2.50. The van der Waals surface area contributed by atoms with Crippen molar-refractivity contribution in [2.24, 2.45) is 5.92 Å². The number of hydrogen-bond donors (Lipinski definition) is 3. The quantitative estimate of drug-likeness (QED) is 0.614. The second kappa shape index (κ2) is 5.63. The Morgan fingerprint density at radius 2 is 1.95 bits per heavy atom. The molecule has 21 heavy (non-hydrogen) atoms. The molecule has 1 spiro atoms. The van der Waals surface area contributed by atoms with Gasteiger partial charge in [0.2, 0.25) is 5.91 Å². The first-order chi connectivity index (χ1) is 10.1. The fraction of sp³-hybridized carbons (Fsp3) is 0.786. The normalized spacial score (nSPS) is 24.9. The molecule has 2 aliphatic heterocycles. The van der Waals surface area contributed by atoms with Gasteiger partial charge in [0.15, 0.2) is 0 Å². The lowest BCUT2D eigenvalue weighted by Gasteiger charge is -2.30. The van der Waals surface area contributed by atoms with E-state index in [0.717, 1.165) is 37.3 Å². The Balaban J connectivity index is 1.55. The van der Waals surface area contributed by atoms with Gasteiger partial charge in [-0.05, 0) is 12.8 Å². The first-order valence-electron chi connectivity index (χ1n) is 7.72. The number of amides is 4. The van der Waals surface area contributed by atoms with Crippen LogP contribution in [0, 0.1) is 5.92 Å². The summed E-state index contributed by atoms with van der Waals surface area (Å²) in [5.74, 6) is -0.0346. The van der Waals surface area contributed by atoms with Crippen molar-refractivity contribution in [1.82, 2.24) is 20.9 Å². The number of urea groups is 1. The van der Waals surface area contributed by atoms with Crippen LogP contribution in [0.3, 0.4) is 0 Å². The van der Waals surface area contributed by atoms with E-state index in [1.807, 2.05) is 0 Å². The third-order valence-electron chi connectivity index (χ3n) is 4.71.